The van der Waals surface area contributed by atoms with Crippen molar-refractivity contribution in [3.8, 4) is 11.6 Å². The molecule has 2 aromatic rings. The lowest BCUT2D eigenvalue weighted by Crippen LogP contribution is -2.22. The summed E-state index contributed by atoms with van der Waals surface area (Å²) in [5, 5.41) is 3.31. The third-order valence-corrected chi connectivity index (χ3v) is 2.93. The van der Waals surface area contributed by atoms with Gasteiger partial charge in [-0.2, -0.15) is 0 Å². The van der Waals surface area contributed by atoms with Crippen LogP contribution in [0.1, 0.15) is 25.1 Å². The maximum atomic E-state index is 13.1. The Bertz CT molecular complexity index is 609. The molecule has 0 aliphatic rings. The van der Waals surface area contributed by atoms with Crippen LogP contribution in [0.15, 0.2) is 30.3 Å². The fourth-order valence-electron chi connectivity index (χ4n) is 1.83. The first-order valence-electron chi connectivity index (χ1n) is 6.78. The second-order valence-corrected chi connectivity index (χ2v) is 5.14. The van der Waals surface area contributed by atoms with Gasteiger partial charge in [0.05, 0.1) is 0 Å². The van der Waals surface area contributed by atoms with E-state index in [1.165, 1.54) is 0 Å². The average Bonchev–Trinajstić information content (AvgIpc) is 2.36. The number of nitrogens with zero attached hydrogens (tertiary/aromatic N) is 1. The van der Waals surface area contributed by atoms with E-state index in [-0.39, 0.29) is 5.75 Å². The molecule has 5 heteroatoms. The molecule has 0 bridgehead atoms. The molecule has 3 nitrogen and oxygen atoms in total. The zero-order valence-corrected chi connectivity index (χ0v) is 12.3. The van der Waals surface area contributed by atoms with Crippen LogP contribution in [-0.2, 0) is 6.54 Å². The Morgan fingerprint density at radius 3 is 2.38 bits per heavy atom. The molecule has 0 spiro atoms. The standard InChI is InChI=1S/C16H18F2N2O/c1-10(2)19-9-12-4-5-16(20-11(12)3)21-15-7-13(17)6-14(18)8-15/h4-8,10,19H,9H2,1-3H3. The van der Waals surface area contributed by atoms with Gasteiger partial charge in [0.25, 0.3) is 0 Å². The van der Waals surface area contributed by atoms with Crippen molar-refractivity contribution in [1.82, 2.24) is 10.3 Å². The molecule has 2 rings (SSSR count). The monoisotopic (exact) mass is 292 g/mol. The normalized spacial score (nSPS) is 11.0. The van der Waals surface area contributed by atoms with E-state index in [0.717, 1.165) is 29.5 Å². The molecule has 112 valence electrons. The van der Waals surface area contributed by atoms with Gasteiger partial charge in [0.15, 0.2) is 0 Å². The Kier molecular flexibility index (Phi) is 4.85. The van der Waals surface area contributed by atoms with Crippen LogP contribution >= 0.6 is 0 Å². The first-order chi connectivity index (χ1) is 9.94. The summed E-state index contributed by atoms with van der Waals surface area (Å²) in [6.07, 6.45) is 0. The first kappa shape index (κ1) is 15.4. The fraction of sp³-hybridized carbons (Fsp3) is 0.312. The zero-order valence-electron chi connectivity index (χ0n) is 12.3. The molecule has 21 heavy (non-hydrogen) atoms. The molecule has 0 saturated carbocycles. The van der Waals surface area contributed by atoms with Crippen molar-refractivity contribution in [3.63, 3.8) is 0 Å². The van der Waals surface area contributed by atoms with E-state index in [0.29, 0.717) is 18.5 Å². The molecular formula is C16H18F2N2O. The van der Waals surface area contributed by atoms with Crippen molar-refractivity contribution in [2.24, 2.45) is 0 Å². The van der Waals surface area contributed by atoms with Crippen molar-refractivity contribution in [2.75, 3.05) is 0 Å². The van der Waals surface area contributed by atoms with E-state index in [2.05, 4.69) is 24.1 Å². The second kappa shape index (κ2) is 6.63. The summed E-state index contributed by atoms with van der Waals surface area (Å²) in [6, 6.07) is 7.00. The number of halogens is 2. The lowest BCUT2D eigenvalue weighted by atomic mass is 10.2. The maximum Gasteiger partial charge on any atom is 0.219 e. The molecule has 1 heterocycles. The van der Waals surface area contributed by atoms with Crippen molar-refractivity contribution >= 4 is 0 Å². The number of hydrogen-bond donors (Lipinski definition) is 1. The number of pyridine rings is 1. The molecule has 0 aliphatic carbocycles. The zero-order chi connectivity index (χ0) is 15.4. The molecule has 0 aliphatic heterocycles. The number of rotatable bonds is 5. The van der Waals surface area contributed by atoms with Gasteiger partial charge >= 0.3 is 0 Å². The van der Waals surface area contributed by atoms with E-state index in [4.69, 9.17) is 4.74 Å². The summed E-state index contributed by atoms with van der Waals surface area (Å²) in [7, 11) is 0. The highest BCUT2D eigenvalue weighted by Gasteiger charge is 2.07. The van der Waals surface area contributed by atoms with Gasteiger partial charge in [-0.25, -0.2) is 13.8 Å². The molecule has 1 N–H and O–H groups in total. The van der Waals surface area contributed by atoms with Gasteiger partial charge in [-0.3, -0.25) is 0 Å². The Hall–Kier alpha value is -2.01. The molecule has 0 amide bonds. The van der Waals surface area contributed by atoms with Crippen molar-refractivity contribution in [2.45, 2.75) is 33.4 Å². The lowest BCUT2D eigenvalue weighted by molar-refractivity contribution is 0.449. The summed E-state index contributed by atoms with van der Waals surface area (Å²) in [6.45, 7) is 6.72. The SMILES string of the molecule is Cc1nc(Oc2cc(F)cc(F)c2)ccc1CNC(C)C. The smallest absolute Gasteiger partial charge is 0.219 e. The lowest BCUT2D eigenvalue weighted by Gasteiger charge is -2.11. The molecule has 0 unspecified atom stereocenters. The number of aromatic nitrogens is 1. The van der Waals surface area contributed by atoms with Crippen LogP contribution in [-0.4, -0.2) is 11.0 Å². The van der Waals surface area contributed by atoms with Crippen molar-refractivity contribution in [1.29, 1.82) is 0 Å². The fourth-order valence-corrected chi connectivity index (χ4v) is 1.83. The third-order valence-electron chi connectivity index (χ3n) is 2.93. The van der Waals surface area contributed by atoms with E-state index in [9.17, 15) is 8.78 Å². The molecule has 1 aromatic carbocycles. The van der Waals surface area contributed by atoms with Crippen LogP contribution in [0.25, 0.3) is 0 Å². The number of nitrogens with one attached hydrogen (secondary N) is 1. The van der Waals surface area contributed by atoms with Gasteiger partial charge < -0.3 is 10.1 Å². The van der Waals surface area contributed by atoms with Crippen LogP contribution in [0.5, 0.6) is 11.6 Å². The molecule has 0 saturated heterocycles. The predicted octanol–water partition coefficient (Wildman–Crippen LogP) is 3.96. The van der Waals surface area contributed by atoms with E-state index < -0.39 is 11.6 Å². The molecule has 0 fully saturated rings. The molecule has 1 aromatic heterocycles. The second-order valence-electron chi connectivity index (χ2n) is 5.14. The van der Waals surface area contributed by atoms with Crippen molar-refractivity contribution in [3.05, 3.63) is 53.2 Å². The summed E-state index contributed by atoms with van der Waals surface area (Å²) < 4.78 is 31.6. The summed E-state index contributed by atoms with van der Waals surface area (Å²) in [5.74, 6) is -0.961. The minimum atomic E-state index is -0.681. The van der Waals surface area contributed by atoms with Crippen LogP contribution < -0.4 is 10.1 Å². The van der Waals surface area contributed by atoms with Gasteiger partial charge in [0.1, 0.15) is 17.4 Å². The average molecular weight is 292 g/mol. The van der Waals surface area contributed by atoms with Gasteiger partial charge in [-0.05, 0) is 12.5 Å². The predicted molar refractivity (Wildman–Crippen MR) is 77.4 cm³/mol. The Balaban J connectivity index is 2.12. The third kappa shape index (κ3) is 4.49. The van der Waals surface area contributed by atoms with Crippen LogP contribution in [0.2, 0.25) is 0 Å². The van der Waals surface area contributed by atoms with E-state index in [1.807, 2.05) is 13.0 Å². The van der Waals surface area contributed by atoms with Crippen LogP contribution in [0.4, 0.5) is 8.78 Å². The van der Waals surface area contributed by atoms with Crippen LogP contribution in [0, 0.1) is 18.6 Å². The number of hydrogen-bond acceptors (Lipinski definition) is 3. The highest BCUT2D eigenvalue weighted by atomic mass is 19.1. The van der Waals surface area contributed by atoms with Gasteiger partial charge in [-0.15, -0.1) is 0 Å². The number of aryl methyl sites for hydroxylation is 1. The largest absolute Gasteiger partial charge is 0.439 e. The first-order valence-corrected chi connectivity index (χ1v) is 6.78. The highest BCUT2D eigenvalue weighted by Crippen LogP contribution is 2.22. The summed E-state index contributed by atoms with van der Waals surface area (Å²) in [4.78, 5) is 4.30. The topological polar surface area (TPSA) is 34.1 Å². The van der Waals surface area contributed by atoms with Crippen LogP contribution in [0.3, 0.4) is 0 Å². The van der Waals surface area contributed by atoms with E-state index in [1.54, 1.807) is 6.07 Å². The maximum absolute atomic E-state index is 13.1. The van der Waals surface area contributed by atoms with Gasteiger partial charge in [-0.1, -0.05) is 19.9 Å². The Morgan fingerprint density at radius 2 is 1.81 bits per heavy atom. The minimum absolute atomic E-state index is 0.0902. The molecule has 0 radical (unpaired) electrons. The number of benzene rings is 1. The highest BCUT2D eigenvalue weighted by molar-refractivity contribution is 5.31. The van der Waals surface area contributed by atoms with E-state index >= 15 is 0 Å². The summed E-state index contributed by atoms with van der Waals surface area (Å²) >= 11 is 0. The number of ether oxygens (including phenoxy) is 1. The quantitative estimate of drug-likeness (QED) is 0.905. The molecule has 0 atom stereocenters. The van der Waals surface area contributed by atoms with Gasteiger partial charge in [0.2, 0.25) is 5.88 Å². The Labute approximate surface area is 123 Å². The van der Waals surface area contributed by atoms with Crippen molar-refractivity contribution < 1.29 is 13.5 Å². The molecular weight excluding hydrogens is 274 g/mol. The Morgan fingerprint density at radius 1 is 1.14 bits per heavy atom. The van der Waals surface area contributed by atoms with Gasteiger partial charge in [0, 0.05) is 42.5 Å². The minimum Gasteiger partial charge on any atom is -0.439 e. The summed E-state index contributed by atoms with van der Waals surface area (Å²) in [5.41, 5.74) is 1.87.